The lowest BCUT2D eigenvalue weighted by Gasteiger charge is -2.33. The Morgan fingerprint density at radius 2 is 1.96 bits per heavy atom. The van der Waals surface area contributed by atoms with Crippen LogP contribution >= 0.6 is 0 Å². The summed E-state index contributed by atoms with van der Waals surface area (Å²) < 4.78 is 10.8. The molecule has 1 aromatic carbocycles. The number of benzene rings is 1. The van der Waals surface area contributed by atoms with Gasteiger partial charge in [-0.05, 0) is 38.8 Å². The van der Waals surface area contributed by atoms with Gasteiger partial charge in [0.2, 0.25) is 0 Å². The maximum Gasteiger partial charge on any atom is 0.309 e. The van der Waals surface area contributed by atoms with Gasteiger partial charge in [-0.3, -0.25) is 9.79 Å². The lowest BCUT2D eigenvalue weighted by Crippen LogP contribution is -2.47. The van der Waals surface area contributed by atoms with Crippen molar-refractivity contribution in [2.24, 2.45) is 10.9 Å². The Morgan fingerprint density at radius 1 is 1.28 bits per heavy atom. The molecule has 0 spiro atoms. The van der Waals surface area contributed by atoms with Crippen molar-refractivity contribution in [2.45, 2.75) is 26.7 Å². The van der Waals surface area contributed by atoms with Gasteiger partial charge in [0.1, 0.15) is 12.4 Å². The molecule has 1 fully saturated rings. The molecule has 1 aliphatic rings. The monoisotopic (exact) mass is 347 g/mol. The van der Waals surface area contributed by atoms with Crippen molar-refractivity contribution in [1.29, 1.82) is 0 Å². The van der Waals surface area contributed by atoms with Crippen LogP contribution in [0, 0.1) is 12.8 Å². The fraction of sp³-hybridized carbons (Fsp3) is 0.579. The third-order valence-electron chi connectivity index (χ3n) is 4.30. The van der Waals surface area contributed by atoms with E-state index in [0.29, 0.717) is 19.8 Å². The minimum absolute atomic E-state index is 0.0131. The predicted octanol–water partition coefficient (Wildman–Crippen LogP) is 2.22. The van der Waals surface area contributed by atoms with Crippen LogP contribution in [0.3, 0.4) is 0 Å². The summed E-state index contributed by atoms with van der Waals surface area (Å²) in [5.41, 5.74) is 1.22. The summed E-state index contributed by atoms with van der Waals surface area (Å²) in [4.78, 5) is 18.3. The molecule has 0 atom stereocenters. The Bertz CT molecular complexity index is 564. The molecule has 0 amide bonds. The molecule has 1 N–H and O–H groups in total. The standard InChI is InChI=1S/C19H29N3O3/c1-4-24-18(23)16-9-12-22(13-10-16)19(20-3)21-11-14-25-17-7-5-15(2)6-8-17/h5-8,16H,4,9-14H2,1-3H3,(H,20,21). The quantitative estimate of drug-likeness (QED) is 0.370. The minimum Gasteiger partial charge on any atom is -0.492 e. The van der Waals surface area contributed by atoms with Crippen LogP contribution in [0.4, 0.5) is 0 Å². The molecule has 6 nitrogen and oxygen atoms in total. The minimum atomic E-state index is -0.0726. The van der Waals surface area contributed by atoms with Crippen molar-refractivity contribution in [1.82, 2.24) is 10.2 Å². The van der Waals surface area contributed by atoms with Crippen LogP contribution in [0.5, 0.6) is 5.75 Å². The summed E-state index contributed by atoms with van der Waals surface area (Å²) in [7, 11) is 1.78. The van der Waals surface area contributed by atoms with Crippen molar-refractivity contribution in [3.05, 3.63) is 29.8 Å². The molecule has 1 aromatic rings. The van der Waals surface area contributed by atoms with E-state index in [1.54, 1.807) is 7.05 Å². The molecule has 25 heavy (non-hydrogen) atoms. The van der Waals surface area contributed by atoms with Gasteiger partial charge in [-0.15, -0.1) is 0 Å². The van der Waals surface area contributed by atoms with Gasteiger partial charge in [0.05, 0.1) is 19.1 Å². The first-order valence-electron chi connectivity index (χ1n) is 8.95. The van der Waals surface area contributed by atoms with Crippen molar-refractivity contribution in [2.75, 3.05) is 39.9 Å². The van der Waals surface area contributed by atoms with Crippen LogP contribution in [-0.4, -0.2) is 56.7 Å². The average Bonchev–Trinajstić information content (AvgIpc) is 2.64. The summed E-state index contributed by atoms with van der Waals surface area (Å²) in [5.74, 6) is 1.67. The Kier molecular flexibility index (Phi) is 7.57. The number of hydrogen-bond acceptors (Lipinski definition) is 4. The largest absolute Gasteiger partial charge is 0.492 e. The summed E-state index contributed by atoms with van der Waals surface area (Å²) >= 11 is 0. The summed E-state index contributed by atoms with van der Waals surface area (Å²) in [6.45, 7) is 7.21. The molecule has 6 heteroatoms. The summed E-state index contributed by atoms with van der Waals surface area (Å²) in [6, 6.07) is 8.03. The molecule has 0 radical (unpaired) electrons. The number of carbonyl (C=O) groups is 1. The number of esters is 1. The van der Waals surface area contributed by atoms with E-state index in [-0.39, 0.29) is 11.9 Å². The molecule has 138 valence electrons. The number of likely N-dealkylation sites (tertiary alicyclic amines) is 1. The van der Waals surface area contributed by atoms with Gasteiger partial charge in [-0.25, -0.2) is 0 Å². The number of nitrogens with one attached hydrogen (secondary N) is 1. The summed E-state index contributed by atoms with van der Waals surface area (Å²) in [5, 5.41) is 3.32. The number of guanidine groups is 1. The number of aliphatic imine (C=N–C) groups is 1. The second-order valence-electron chi connectivity index (χ2n) is 6.15. The van der Waals surface area contributed by atoms with Crippen molar-refractivity contribution < 1.29 is 14.3 Å². The zero-order chi connectivity index (χ0) is 18.1. The highest BCUT2D eigenvalue weighted by Gasteiger charge is 2.27. The third kappa shape index (κ3) is 5.96. The van der Waals surface area contributed by atoms with Crippen LogP contribution in [0.1, 0.15) is 25.3 Å². The molecule has 0 aromatic heterocycles. The molecule has 1 aliphatic heterocycles. The van der Waals surface area contributed by atoms with Gasteiger partial charge in [-0.1, -0.05) is 17.7 Å². The van der Waals surface area contributed by atoms with Crippen molar-refractivity contribution in [3.8, 4) is 5.75 Å². The Hall–Kier alpha value is -2.24. The van der Waals surface area contributed by atoms with Crippen LogP contribution in [0.15, 0.2) is 29.3 Å². The average molecular weight is 347 g/mol. The zero-order valence-corrected chi connectivity index (χ0v) is 15.5. The van der Waals surface area contributed by atoms with Gasteiger partial charge in [0.15, 0.2) is 5.96 Å². The Labute approximate surface area is 150 Å². The first-order valence-corrected chi connectivity index (χ1v) is 8.95. The van der Waals surface area contributed by atoms with E-state index in [0.717, 1.165) is 37.6 Å². The number of aryl methyl sites for hydroxylation is 1. The molecule has 0 aliphatic carbocycles. The highest BCUT2D eigenvalue weighted by atomic mass is 16.5. The van der Waals surface area contributed by atoms with Crippen molar-refractivity contribution in [3.63, 3.8) is 0 Å². The zero-order valence-electron chi connectivity index (χ0n) is 15.5. The number of carbonyl (C=O) groups excluding carboxylic acids is 1. The van der Waals surface area contributed by atoms with Gasteiger partial charge in [0.25, 0.3) is 0 Å². The van der Waals surface area contributed by atoms with Crippen LogP contribution in [-0.2, 0) is 9.53 Å². The maximum atomic E-state index is 11.8. The highest BCUT2D eigenvalue weighted by Crippen LogP contribution is 2.18. The van der Waals surface area contributed by atoms with E-state index in [1.807, 2.05) is 31.2 Å². The summed E-state index contributed by atoms with van der Waals surface area (Å²) in [6.07, 6.45) is 1.61. The topological polar surface area (TPSA) is 63.2 Å². The highest BCUT2D eigenvalue weighted by molar-refractivity contribution is 5.80. The fourth-order valence-electron chi connectivity index (χ4n) is 2.89. The van der Waals surface area contributed by atoms with E-state index in [9.17, 15) is 4.79 Å². The number of rotatable bonds is 6. The van der Waals surface area contributed by atoms with Crippen LogP contribution in [0.25, 0.3) is 0 Å². The van der Waals surface area contributed by atoms with Crippen LogP contribution < -0.4 is 10.1 Å². The second-order valence-corrected chi connectivity index (χ2v) is 6.15. The molecular formula is C19H29N3O3. The van der Waals surface area contributed by atoms with Gasteiger partial charge < -0.3 is 19.7 Å². The predicted molar refractivity (Wildman–Crippen MR) is 99.0 cm³/mol. The second kappa shape index (κ2) is 9.91. The van der Waals surface area contributed by atoms with Gasteiger partial charge in [0, 0.05) is 20.1 Å². The van der Waals surface area contributed by atoms with E-state index >= 15 is 0 Å². The first-order chi connectivity index (χ1) is 12.1. The molecular weight excluding hydrogens is 318 g/mol. The van der Waals surface area contributed by atoms with E-state index in [1.165, 1.54) is 5.56 Å². The Morgan fingerprint density at radius 3 is 2.56 bits per heavy atom. The number of ether oxygens (including phenoxy) is 2. The molecule has 0 saturated carbocycles. The number of nitrogens with zero attached hydrogens (tertiary/aromatic N) is 2. The maximum absolute atomic E-state index is 11.8. The lowest BCUT2D eigenvalue weighted by atomic mass is 9.97. The number of piperidine rings is 1. The Balaban J connectivity index is 1.70. The van der Waals surface area contributed by atoms with E-state index in [2.05, 4.69) is 22.1 Å². The fourth-order valence-corrected chi connectivity index (χ4v) is 2.89. The van der Waals surface area contributed by atoms with Gasteiger partial charge in [-0.2, -0.15) is 0 Å². The lowest BCUT2D eigenvalue weighted by molar-refractivity contribution is -0.149. The molecule has 1 saturated heterocycles. The molecule has 0 unspecified atom stereocenters. The van der Waals surface area contributed by atoms with E-state index in [4.69, 9.17) is 9.47 Å². The van der Waals surface area contributed by atoms with Crippen molar-refractivity contribution >= 4 is 11.9 Å². The first kappa shape index (κ1) is 19.1. The normalized spacial score (nSPS) is 15.8. The smallest absolute Gasteiger partial charge is 0.309 e. The van der Waals surface area contributed by atoms with E-state index < -0.39 is 0 Å². The molecule has 2 rings (SSSR count). The number of hydrogen-bond donors (Lipinski definition) is 1. The SMILES string of the molecule is CCOC(=O)C1CCN(C(=NC)NCCOc2ccc(C)cc2)CC1. The molecule has 0 bridgehead atoms. The third-order valence-corrected chi connectivity index (χ3v) is 4.30. The molecule has 1 heterocycles. The van der Waals surface area contributed by atoms with Gasteiger partial charge >= 0.3 is 5.97 Å². The van der Waals surface area contributed by atoms with Crippen LogP contribution in [0.2, 0.25) is 0 Å².